The number of halogens is 3. The summed E-state index contributed by atoms with van der Waals surface area (Å²) in [5.74, 6) is -0.470. The van der Waals surface area contributed by atoms with E-state index < -0.39 is 18.7 Å². The Morgan fingerprint density at radius 1 is 1.16 bits per heavy atom. The van der Waals surface area contributed by atoms with E-state index in [2.05, 4.69) is 15.5 Å². The van der Waals surface area contributed by atoms with Gasteiger partial charge in [-0.3, -0.25) is 9.30 Å². The normalized spacial score (nSPS) is 15.9. The molecule has 5 rings (SSSR count). The van der Waals surface area contributed by atoms with Crippen LogP contribution in [0.25, 0.3) is 16.6 Å². The first-order chi connectivity index (χ1) is 17.6. The largest absolute Gasteiger partial charge is 0.478 e. The zero-order valence-electron chi connectivity index (χ0n) is 20.3. The SMILES string of the molecule is Cc1cc([C@@H](C)Nc2ccccc2C(=O)O)c2nc(N3CCN(CC(F)(F)F)CC3)n3cnnc3c2c1. The molecule has 1 fully saturated rings. The number of carboxylic acid groups (broad SMARTS) is 1. The third-order valence-corrected chi connectivity index (χ3v) is 6.55. The first kappa shape index (κ1) is 24.8. The Labute approximate surface area is 210 Å². The minimum Gasteiger partial charge on any atom is -0.478 e. The number of para-hydroxylation sites is 1. The Balaban J connectivity index is 1.54. The lowest BCUT2D eigenvalue weighted by Gasteiger charge is -2.35. The van der Waals surface area contributed by atoms with Crippen LogP contribution in [0.1, 0.15) is 34.5 Å². The van der Waals surface area contributed by atoms with E-state index >= 15 is 0 Å². The van der Waals surface area contributed by atoms with Crippen molar-refractivity contribution in [3.8, 4) is 0 Å². The molecule has 2 N–H and O–H groups in total. The predicted molar refractivity (Wildman–Crippen MR) is 133 cm³/mol. The zero-order valence-corrected chi connectivity index (χ0v) is 20.3. The van der Waals surface area contributed by atoms with Gasteiger partial charge in [0.2, 0.25) is 5.95 Å². The van der Waals surface area contributed by atoms with Crippen molar-refractivity contribution in [3.05, 3.63) is 59.4 Å². The molecule has 2 aromatic heterocycles. The molecule has 0 spiro atoms. The van der Waals surface area contributed by atoms with Gasteiger partial charge in [0, 0.05) is 42.8 Å². The van der Waals surface area contributed by atoms with E-state index in [0.29, 0.717) is 35.9 Å². The van der Waals surface area contributed by atoms with Gasteiger partial charge in [-0.2, -0.15) is 13.2 Å². The van der Waals surface area contributed by atoms with Gasteiger partial charge in [0.05, 0.1) is 23.7 Å². The lowest BCUT2D eigenvalue weighted by Crippen LogP contribution is -2.49. The number of anilines is 2. The predicted octanol–water partition coefficient (Wildman–Crippen LogP) is 4.14. The molecule has 0 radical (unpaired) electrons. The van der Waals surface area contributed by atoms with Gasteiger partial charge in [0.25, 0.3) is 0 Å². The molecule has 0 amide bonds. The Morgan fingerprint density at radius 3 is 2.59 bits per heavy atom. The highest BCUT2D eigenvalue weighted by molar-refractivity contribution is 5.96. The van der Waals surface area contributed by atoms with Gasteiger partial charge in [-0.15, -0.1) is 10.2 Å². The second-order valence-electron chi connectivity index (χ2n) is 9.28. The van der Waals surface area contributed by atoms with Crippen molar-refractivity contribution in [2.75, 3.05) is 42.9 Å². The van der Waals surface area contributed by atoms with Crippen molar-refractivity contribution in [1.29, 1.82) is 0 Å². The maximum absolute atomic E-state index is 12.9. The van der Waals surface area contributed by atoms with Crippen LogP contribution in [0.2, 0.25) is 0 Å². The van der Waals surface area contributed by atoms with Gasteiger partial charge in [-0.25, -0.2) is 9.78 Å². The number of rotatable bonds is 6. The molecule has 194 valence electrons. The molecule has 0 bridgehead atoms. The molecule has 4 aromatic rings. The molecular weight excluding hydrogens is 487 g/mol. The fraction of sp³-hybridized carbons (Fsp3) is 0.360. The smallest absolute Gasteiger partial charge is 0.401 e. The van der Waals surface area contributed by atoms with E-state index in [9.17, 15) is 23.1 Å². The number of carboxylic acids is 1. The molecule has 0 unspecified atom stereocenters. The van der Waals surface area contributed by atoms with Crippen molar-refractivity contribution in [3.63, 3.8) is 0 Å². The highest BCUT2D eigenvalue weighted by Crippen LogP contribution is 2.32. The highest BCUT2D eigenvalue weighted by atomic mass is 19.4. The monoisotopic (exact) mass is 513 g/mol. The summed E-state index contributed by atoms with van der Waals surface area (Å²) in [6, 6.07) is 10.4. The van der Waals surface area contributed by atoms with Gasteiger partial charge in [0.1, 0.15) is 6.33 Å². The second-order valence-corrected chi connectivity index (χ2v) is 9.28. The lowest BCUT2D eigenvalue weighted by molar-refractivity contribution is -0.146. The van der Waals surface area contributed by atoms with Gasteiger partial charge in [-0.1, -0.05) is 18.2 Å². The molecule has 1 aliphatic rings. The van der Waals surface area contributed by atoms with E-state index in [1.54, 1.807) is 35.0 Å². The molecule has 1 aliphatic heterocycles. The van der Waals surface area contributed by atoms with Crippen molar-refractivity contribution < 1.29 is 23.1 Å². The Kier molecular flexibility index (Phi) is 6.36. The molecule has 12 heteroatoms. The summed E-state index contributed by atoms with van der Waals surface area (Å²) in [7, 11) is 0. The molecular formula is C25H26F3N7O2. The number of alkyl halides is 3. The van der Waals surface area contributed by atoms with Gasteiger partial charge >= 0.3 is 12.1 Å². The lowest BCUT2D eigenvalue weighted by atomic mass is 10.0. The fourth-order valence-corrected chi connectivity index (χ4v) is 4.84. The summed E-state index contributed by atoms with van der Waals surface area (Å²) >= 11 is 0. The van der Waals surface area contributed by atoms with E-state index in [-0.39, 0.29) is 24.7 Å². The third-order valence-electron chi connectivity index (χ3n) is 6.55. The molecule has 3 heterocycles. The minimum atomic E-state index is -4.24. The van der Waals surface area contributed by atoms with Crippen molar-refractivity contribution in [1.82, 2.24) is 24.5 Å². The third kappa shape index (κ3) is 5.01. The summed E-state index contributed by atoms with van der Waals surface area (Å²) in [6.07, 6.45) is -2.67. The van der Waals surface area contributed by atoms with Gasteiger partial charge < -0.3 is 15.3 Å². The van der Waals surface area contributed by atoms with Gasteiger partial charge in [-0.05, 0) is 37.6 Å². The Morgan fingerprint density at radius 2 is 1.89 bits per heavy atom. The summed E-state index contributed by atoms with van der Waals surface area (Å²) in [6.45, 7) is 4.23. The molecule has 9 nitrogen and oxygen atoms in total. The second kappa shape index (κ2) is 9.51. The zero-order chi connectivity index (χ0) is 26.3. The Hall–Kier alpha value is -3.93. The number of nitrogens with zero attached hydrogens (tertiary/aromatic N) is 6. The van der Waals surface area contributed by atoms with Crippen molar-refractivity contribution in [2.24, 2.45) is 0 Å². The van der Waals surface area contributed by atoms with Crippen molar-refractivity contribution in [2.45, 2.75) is 26.1 Å². The molecule has 0 saturated carbocycles. The number of benzene rings is 2. The summed E-state index contributed by atoms with van der Waals surface area (Å²) in [5, 5.41) is 22.1. The van der Waals surface area contributed by atoms with Crippen molar-refractivity contribution >= 4 is 34.2 Å². The standard InChI is InChI=1S/C25H26F3N7O2/c1-15-11-18(16(2)30-20-6-4-3-5-17(20)23(36)37)21-19(12-15)22-32-29-14-35(22)24(31-21)34-9-7-33(8-10-34)13-25(26,27)28/h3-6,11-12,14,16,30H,7-10,13H2,1-2H3,(H,36,37)/t16-/m1/s1. The number of nitrogens with one attached hydrogen (secondary N) is 1. The number of hydrogen-bond donors (Lipinski definition) is 2. The number of fused-ring (bicyclic) bond motifs is 3. The number of hydrogen-bond acceptors (Lipinski definition) is 7. The quantitative estimate of drug-likeness (QED) is 0.397. The van der Waals surface area contributed by atoms with Crippen LogP contribution in [-0.2, 0) is 0 Å². The molecule has 0 aliphatic carbocycles. The van der Waals surface area contributed by atoms with Crippen LogP contribution in [0.5, 0.6) is 0 Å². The van der Waals surface area contributed by atoms with Crippen LogP contribution in [-0.4, -0.2) is 74.5 Å². The van der Waals surface area contributed by atoms with Crippen LogP contribution in [0.15, 0.2) is 42.7 Å². The minimum absolute atomic E-state index is 0.163. The summed E-state index contributed by atoms with van der Waals surface area (Å²) in [5.41, 5.74) is 3.74. The van der Waals surface area contributed by atoms with Gasteiger partial charge in [0.15, 0.2) is 5.65 Å². The van der Waals surface area contributed by atoms with Crippen LogP contribution < -0.4 is 10.2 Å². The topological polar surface area (TPSA) is 98.9 Å². The Bertz CT molecular complexity index is 1460. The maximum atomic E-state index is 12.9. The number of aromatic carboxylic acids is 1. The molecule has 1 saturated heterocycles. The van der Waals surface area contributed by atoms with Crippen LogP contribution in [0.4, 0.5) is 24.8 Å². The fourth-order valence-electron chi connectivity index (χ4n) is 4.84. The average molecular weight is 514 g/mol. The van der Waals surface area contributed by atoms with E-state index in [1.807, 2.05) is 30.9 Å². The number of carbonyl (C=O) groups is 1. The first-order valence-electron chi connectivity index (χ1n) is 11.9. The summed E-state index contributed by atoms with van der Waals surface area (Å²) < 4.78 is 40.3. The first-order valence-corrected chi connectivity index (χ1v) is 11.9. The van der Waals surface area contributed by atoms with Crippen LogP contribution >= 0.6 is 0 Å². The van der Waals surface area contributed by atoms with E-state index in [4.69, 9.17) is 4.98 Å². The number of aromatic nitrogens is 4. The van der Waals surface area contributed by atoms with E-state index in [1.165, 1.54) is 4.90 Å². The molecule has 2 aromatic carbocycles. The van der Waals surface area contributed by atoms with E-state index in [0.717, 1.165) is 16.5 Å². The van der Waals surface area contributed by atoms with Crippen LogP contribution in [0.3, 0.4) is 0 Å². The average Bonchev–Trinajstić information content (AvgIpc) is 3.33. The number of piperazine rings is 1. The van der Waals surface area contributed by atoms with Crippen LogP contribution in [0, 0.1) is 6.92 Å². The highest BCUT2D eigenvalue weighted by Gasteiger charge is 2.33. The number of aryl methyl sites for hydroxylation is 1. The molecule has 1 atom stereocenters. The maximum Gasteiger partial charge on any atom is 0.401 e. The molecule has 37 heavy (non-hydrogen) atoms. The summed E-state index contributed by atoms with van der Waals surface area (Å²) in [4.78, 5) is 20.0.